The number of rotatable bonds is 9. The van der Waals surface area contributed by atoms with Gasteiger partial charge in [-0.3, -0.25) is 14.4 Å². The van der Waals surface area contributed by atoms with Crippen molar-refractivity contribution >= 4 is 28.8 Å². The standard InChI is InChI=1S/C24H32N6O4/c1-3-7-15-10-11-16-20(19(15)22(32)25-2)24(34)29(12-6-13-31)21(16)23(33)26-14-30-18-9-5-4-8-17(18)27-28-30/h4-5,8-11,15-16,19-21,31H,3,6-7,12-14H2,1-2H3,(H,25,32)(H,26,33)/t15-,16+,19-,20+,21+/m1/s1. The van der Waals surface area contributed by atoms with Crippen molar-refractivity contribution in [3.8, 4) is 0 Å². The van der Waals surface area contributed by atoms with Crippen molar-refractivity contribution in [1.29, 1.82) is 0 Å². The van der Waals surface area contributed by atoms with Gasteiger partial charge in [-0.15, -0.1) is 5.10 Å². The van der Waals surface area contributed by atoms with Crippen LogP contribution < -0.4 is 10.6 Å². The fraction of sp³-hybridized carbons (Fsp3) is 0.542. The summed E-state index contributed by atoms with van der Waals surface area (Å²) >= 11 is 0. The molecule has 1 saturated heterocycles. The third kappa shape index (κ3) is 4.29. The molecule has 0 saturated carbocycles. The van der Waals surface area contributed by atoms with Crippen LogP contribution in [0.4, 0.5) is 0 Å². The lowest BCUT2D eigenvalue weighted by Gasteiger charge is -2.34. The van der Waals surface area contributed by atoms with E-state index in [-0.39, 0.29) is 43.5 Å². The Balaban J connectivity index is 1.61. The van der Waals surface area contributed by atoms with Crippen LogP contribution in [0.15, 0.2) is 36.4 Å². The van der Waals surface area contributed by atoms with Crippen LogP contribution in [0.2, 0.25) is 0 Å². The van der Waals surface area contributed by atoms with E-state index in [1.54, 1.807) is 11.7 Å². The van der Waals surface area contributed by atoms with Crippen molar-refractivity contribution in [2.75, 3.05) is 20.2 Å². The van der Waals surface area contributed by atoms with Crippen LogP contribution in [0.1, 0.15) is 26.2 Å². The number of fused-ring (bicyclic) bond motifs is 2. The number of benzene rings is 1. The minimum Gasteiger partial charge on any atom is -0.396 e. The Morgan fingerprint density at radius 3 is 2.71 bits per heavy atom. The Labute approximate surface area is 198 Å². The third-order valence-corrected chi connectivity index (χ3v) is 6.93. The van der Waals surface area contributed by atoms with E-state index in [0.717, 1.165) is 23.9 Å². The molecule has 1 aliphatic carbocycles. The summed E-state index contributed by atoms with van der Waals surface area (Å²) in [4.78, 5) is 41.4. The smallest absolute Gasteiger partial charge is 0.244 e. The van der Waals surface area contributed by atoms with Crippen LogP contribution in [0.25, 0.3) is 11.0 Å². The van der Waals surface area contributed by atoms with E-state index in [9.17, 15) is 19.5 Å². The van der Waals surface area contributed by atoms with Gasteiger partial charge in [-0.05, 0) is 30.9 Å². The number of aromatic nitrogens is 3. The van der Waals surface area contributed by atoms with Crippen LogP contribution in [0.3, 0.4) is 0 Å². The fourth-order valence-corrected chi connectivity index (χ4v) is 5.40. The molecule has 1 aliphatic heterocycles. The maximum atomic E-state index is 13.6. The predicted octanol–water partition coefficient (Wildman–Crippen LogP) is 0.679. The first-order valence-corrected chi connectivity index (χ1v) is 11.9. The molecule has 2 aromatic rings. The summed E-state index contributed by atoms with van der Waals surface area (Å²) in [5.74, 6) is -2.31. The molecule has 0 radical (unpaired) electrons. The topological polar surface area (TPSA) is 129 Å². The first-order chi connectivity index (χ1) is 16.5. The van der Waals surface area contributed by atoms with Crippen molar-refractivity contribution in [3.63, 3.8) is 0 Å². The first-order valence-electron chi connectivity index (χ1n) is 11.9. The van der Waals surface area contributed by atoms with Crippen molar-refractivity contribution < 1.29 is 19.5 Å². The highest BCUT2D eigenvalue weighted by Crippen LogP contribution is 2.45. The number of hydrogen-bond donors (Lipinski definition) is 3. The van der Waals surface area contributed by atoms with Crippen molar-refractivity contribution in [1.82, 2.24) is 30.5 Å². The Hall–Kier alpha value is -3.27. The van der Waals surface area contributed by atoms with Crippen LogP contribution >= 0.6 is 0 Å². The summed E-state index contributed by atoms with van der Waals surface area (Å²) in [7, 11) is 1.58. The van der Waals surface area contributed by atoms with Crippen LogP contribution in [0, 0.1) is 23.7 Å². The zero-order valence-corrected chi connectivity index (χ0v) is 19.6. The SMILES string of the molecule is CCC[C@@H]1C=C[C@H]2[C@H](C(=O)N(CCCO)[C@@H]2C(=O)NCn2nnc3ccccc32)[C@@H]1C(=O)NC. The Morgan fingerprint density at radius 2 is 1.97 bits per heavy atom. The summed E-state index contributed by atoms with van der Waals surface area (Å²) in [5.41, 5.74) is 1.52. The Bertz CT molecular complexity index is 1080. The fourth-order valence-electron chi connectivity index (χ4n) is 5.40. The summed E-state index contributed by atoms with van der Waals surface area (Å²) in [6.45, 7) is 2.32. The lowest BCUT2D eigenvalue weighted by atomic mass is 9.68. The van der Waals surface area contributed by atoms with E-state index in [1.807, 2.05) is 36.4 Å². The van der Waals surface area contributed by atoms with Gasteiger partial charge in [0.15, 0.2) is 0 Å². The summed E-state index contributed by atoms with van der Waals surface area (Å²) in [6, 6.07) is 6.70. The number of hydrogen-bond acceptors (Lipinski definition) is 6. The Morgan fingerprint density at radius 1 is 1.18 bits per heavy atom. The second-order valence-electron chi connectivity index (χ2n) is 8.91. The molecular weight excluding hydrogens is 436 g/mol. The number of amides is 3. The van der Waals surface area contributed by atoms with Gasteiger partial charge >= 0.3 is 0 Å². The predicted molar refractivity (Wildman–Crippen MR) is 125 cm³/mol. The number of aliphatic hydroxyl groups is 1. The second kappa shape index (κ2) is 10.3. The van der Waals surface area contributed by atoms with E-state index >= 15 is 0 Å². The van der Waals surface area contributed by atoms with Gasteiger partial charge in [-0.2, -0.15) is 0 Å². The molecule has 10 heteroatoms. The third-order valence-electron chi connectivity index (χ3n) is 6.93. The molecule has 182 valence electrons. The highest BCUT2D eigenvalue weighted by atomic mass is 16.3. The monoisotopic (exact) mass is 468 g/mol. The number of nitrogens with zero attached hydrogens (tertiary/aromatic N) is 4. The van der Waals surface area contributed by atoms with Gasteiger partial charge in [0.1, 0.15) is 18.2 Å². The average Bonchev–Trinajstić information content (AvgIpc) is 3.39. The van der Waals surface area contributed by atoms with Gasteiger partial charge in [0.25, 0.3) is 0 Å². The lowest BCUT2D eigenvalue weighted by Crippen LogP contribution is -2.48. The number of aliphatic hydroxyl groups excluding tert-OH is 1. The largest absolute Gasteiger partial charge is 0.396 e. The van der Waals surface area contributed by atoms with Gasteiger partial charge in [-0.25, -0.2) is 4.68 Å². The summed E-state index contributed by atoms with van der Waals surface area (Å²) in [6.07, 6.45) is 5.97. The molecule has 5 atom stereocenters. The molecule has 1 fully saturated rings. The highest BCUT2D eigenvalue weighted by molar-refractivity contribution is 5.96. The summed E-state index contributed by atoms with van der Waals surface area (Å²) < 4.78 is 1.60. The molecule has 2 aliphatic rings. The number of nitrogens with one attached hydrogen (secondary N) is 2. The summed E-state index contributed by atoms with van der Waals surface area (Å²) in [5, 5.41) is 23.2. The molecular formula is C24H32N6O4. The first kappa shape index (κ1) is 23.9. The highest BCUT2D eigenvalue weighted by Gasteiger charge is 2.56. The number of para-hydroxylation sites is 1. The molecule has 4 rings (SSSR count). The van der Waals surface area contributed by atoms with Gasteiger partial charge in [0.05, 0.1) is 17.4 Å². The minimum atomic E-state index is -0.759. The van der Waals surface area contributed by atoms with Crippen LogP contribution in [0.5, 0.6) is 0 Å². The molecule has 2 heterocycles. The van der Waals surface area contributed by atoms with Crippen molar-refractivity contribution in [2.24, 2.45) is 23.7 Å². The number of likely N-dealkylation sites (tertiary alicyclic amines) is 1. The zero-order valence-electron chi connectivity index (χ0n) is 19.6. The zero-order chi connectivity index (χ0) is 24.2. The maximum Gasteiger partial charge on any atom is 0.244 e. The normalized spacial score (nSPS) is 26.0. The Kier molecular flexibility index (Phi) is 7.26. The molecule has 1 aromatic heterocycles. The van der Waals surface area contributed by atoms with E-state index in [0.29, 0.717) is 6.42 Å². The maximum absolute atomic E-state index is 13.6. The molecule has 1 aromatic carbocycles. The average molecular weight is 469 g/mol. The van der Waals surface area contributed by atoms with Gasteiger partial charge < -0.3 is 20.6 Å². The molecule has 0 spiro atoms. The molecule has 3 amide bonds. The second-order valence-corrected chi connectivity index (χ2v) is 8.91. The van der Waals surface area contributed by atoms with Crippen molar-refractivity contribution in [2.45, 2.75) is 38.9 Å². The molecule has 10 nitrogen and oxygen atoms in total. The van der Waals surface area contributed by atoms with E-state index in [1.165, 1.54) is 4.90 Å². The van der Waals surface area contributed by atoms with E-state index in [2.05, 4.69) is 27.9 Å². The molecule has 0 bridgehead atoms. The van der Waals surface area contributed by atoms with Crippen LogP contribution in [-0.2, 0) is 21.1 Å². The molecule has 0 unspecified atom stereocenters. The number of carbonyl (C=O) groups is 3. The minimum absolute atomic E-state index is 0.0573. The van der Waals surface area contributed by atoms with E-state index in [4.69, 9.17) is 0 Å². The lowest BCUT2D eigenvalue weighted by molar-refractivity contribution is -0.141. The van der Waals surface area contributed by atoms with E-state index < -0.39 is 23.8 Å². The van der Waals surface area contributed by atoms with Gasteiger partial charge in [0, 0.05) is 26.1 Å². The molecule has 34 heavy (non-hydrogen) atoms. The van der Waals surface area contributed by atoms with Crippen LogP contribution in [-0.4, -0.2) is 69.0 Å². The van der Waals surface area contributed by atoms with Crippen molar-refractivity contribution in [3.05, 3.63) is 36.4 Å². The molecule has 3 N–H and O–H groups in total. The van der Waals surface area contributed by atoms with Gasteiger partial charge in [-0.1, -0.05) is 42.8 Å². The quantitative estimate of drug-likeness (QED) is 0.464. The number of allylic oxidation sites excluding steroid dienone is 1. The van der Waals surface area contributed by atoms with Gasteiger partial charge in [0.2, 0.25) is 17.7 Å². The number of carbonyl (C=O) groups excluding carboxylic acids is 3.